The molecule has 1 heterocycles. The van der Waals surface area contributed by atoms with Crippen LogP contribution in [0.1, 0.15) is 12.5 Å². The average Bonchev–Trinajstić information content (AvgIpc) is 2.28. The maximum atomic E-state index is 9.98. The van der Waals surface area contributed by atoms with Crippen LogP contribution in [0.3, 0.4) is 0 Å². The molecule has 1 rings (SSSR count). The van der Waals surface area contributed by atoms with Crippen molar-refractivity contribution in [2.75, 3.05) is 29.6 Å². The third kappa shape index (κ3) is 3.80. The number of nitrogens with zero attached hydrogens (tertiary/aromatic N) is 2. The van der Waals surface area contributed by atoms with Crippen LogP contribution in [0, 0.1) is 11.3 Å². The van der Waals surface area contributed by atoms with Gasteiger partial charge in [-0.05, 0) is 19.2 Å². The highest BCUT2D eigenvalue weighted by atomic mass is 32.2. The first-order valence-electron chi connectivity index (χ1n) is 5.10. The fourth-order valence-corrected chi connectivity index (χ4v) is 2.07. The lowest BCUT2D eigenvalue weighted by atomic mass is 10.1. The predicted molar refractivity (Wildman–Crippen MR) is 70.9 cm³/mol. The van der Waals surface area contributed by atoms with E-state index in [4.69, 9.17) is 11.0 Å². The van der Waals surface area contributed by atoms with Crippen molar-refractivity contribution in [3.05, 3.63) is 17.8 Å². The van der Waals surface area contributed by atoms with Gasteiger partial charge in [0.1, 0.15) is 6.07 Å². The van der Waals surface area contributed by atoms with E-state index in [0.29, 0.717) is 29.4 Å². The Bertz CT molecular complexity index is 428. The minimum Gasteiger partial charge on any atom is -0.395 e. The minimum atomic E-state index is -0.837. The van der Waals surface area contributed by atoms with E-state index in [9.17, 15) is 5.11 Å². The van der Waals surface area contributed by atoms with Gasteiger partial charge in [-0.2, -0.15) is 17.0 Å². The van der Waals surface area contributed by atoms with E-state index in [1.165, 1.54) is 6.20 Å². The number of aromatic nitrogens is 1. The van der Waals surface area contributed by atoms with Gasteiger partial charge in [0.05, 0.1) is 16.9 Å². The largest absolute Gasteiger partial charge is 0.395 e. The fraction of sp³-hybridized carbons (Fsp3) is 0.455. The summed E-state index contributed by atoms with van der Waals surface area (Å²) in [6.07, 6.45) is 3.44. The monoisotopic (exact) mass is 252 g/mol. The summed E-state index contributed by atoms with van der Waals surface area (Å²) in [4.78, 5) is 4.04. The predicted octanol–water partition coefficient (Wildman–Crippen LogP) is 1.06. The number of rotatable bonds is 5. The van der Waals surface area contributed by atoms with Gasteiger partial charge in [0.15, 0.2) is 5.82 Å². The van der Waals surface area contributed by atoms with Crippen LogP contribution in [-0.2, 0) is 0 Å². The summed E-state index contributed by atoms with van der Waals surface area (Å²) < 4.78 is 0. The summed E-state index contributed by atoms with van der Waals surface area (Å²) in [5.74, 6) is 1.04. The highest BCUT2D eigenvalue weighted by Crippen LogP contribution is 2.20. The standard InChI is InChI=1S/C11H16N4OS/c1-11(16,7-17-2)6-15-10-9(13)8(5-12)3-4-14-10/h3-4,16H,6-7,13H2,1-2H3,(H,14,15). The topological polar surface area (TPSA) is 95.0 Å². The van der Waals surface area contributed by atoms with Crippen LogP contribution < -0.4 is 11.1 Å². The van der Waals surface area contributed by atoms with Crippen molar-refractivity contribution < 1.29 is 5.11 Å². The van der Waals surface area contributed by atoms with Crippen LogP contribution >= 0.6 is 11.8 Å². The molecular formula is C11H16N4OS. The zero-order chi connectivity index (χ0) is 12.9. The van der Waals surface area contributed by atoms with E-state index in [1.807, 2.05) is 12.3 Å². The van der Waals surface area contributed by atoms with Crippen molar-refractivity contribution >= 4 is 23.3 Å². The highest BCUT2D eigenvalue weighted by molar-refractivity contribution is 7.98. The molecule has 0 saturated heterocycles. The molecule has 0 aliphatic carbocycles. The molecule has 1 unspecified atom stereocenters. The third-order valence-electron chi connectivity index (χ3n) is 2.20. The van der Waals surface area contributed by atoms with E-state index in [-0.39, 0.29) is 0 Å². The molecule has 0 aromatic carbocycles. The Morgan fingerprint density at radius 3 is 3.00 bits per heavy atom. The van der Waals surface area contributed by atoms with E-state index in [1.54, 1.807) is 24.8 Å². The maximum Gasteiger partial charge on any atom is 0.150 e. The van der Waals surface area contributed by atoms with Crippen molar-refractivity contribution in [3.8, 4) is 6.07 Å². The lowest BCUT2D eigenvalue weighted by Crippen LogP contribution is -2.36. The van der Waals surface area contributed by atoms with Crippen LogP contribution in [-0.4, -0.2) is 34.2 Å². The van der Waals surface area contributed by atoms with Crippen molar-refractivity contribution in [3.63, 3.8) is 0 Å². The number of nitrogens with two attached hydrogens (primary N) is 1. The molecule has 0 spiro atoms. The molecule has 0 radical (unpaired) electrons. The number of aliphatic hydroxyl groups is 1. The molecular weight excluding hydrogens is 236 g/mol. The quantitative estimate of drug-likeness (QED) is 0.725. The summed E-state index contributed by atoms with van der Waals surface area (Å²) in [6.45, 7) is 2.07. The van der Waals surface area contributed by atoms with Crippen molar-refractivity contribution in [1.29, 1.82) is 5.26 Å². The van der Waals surface area contributed by atoms with E-state index >= 15 is 0 Å². The molecule has 1 atom stereocenters. The third-order valence-corrected chi connectivity index (χ3v) is 3.11. The van der Waals surface area contributed by atoms with Gasteiger partial charge in [-0.3, -0.25) is 0 Å². The van der Waals surface area contributed by atoms with Crippen LogP contribution in [0.5, 0.6) is 0 Å². The summed E-state index contributed by atoms with van der Waals surface area (Å²) in [7, 11) is 0. The molecule has 0 amide bonds. The van der Waals surface area contributed by atoms with Gasteiger partial charge in [0.25, 0.3) is 0 Å². The Kier molecular flexibility index (Phi) is 4.61. The van der Waals surface area contributed by atoms with E-state index in [0.717, 1.165) is 0 Å². The lowest BCUT2D eigenvalue weighted by molar-refractivity contribution is 0.0996. The Balaban J connectivity index is 2.74. The van der Waals surface area contributed by atoms with Gasteiger partial charge in [0, 0.05) is 18.5 Å². The number of hydrogen-bond acceptors (Lipinski definition) is 6. The molecule has 92 valence electrons. The molecule has 17 heavy (non-hydrogen) atoms. The van der Waals surface area contributed by atoms with Crippen LogP contribution in [0.25, 0.3) is 0 Å². The molecule has 0 saturated carbocycles. The van der Waals surface area contributed by atoms with E-state index < -0.39 is 5.60 Å². The summed E-state index contributed by atoms with van der Waals surface area (Å²) in [5.41, 5.74) is 5.62. The Morgan fingerprint density at radius 1 is 1.71 bits per heavy atom. The molecule has 0 bridgehead atoms. The highest BCUT2D eigenvalue weighted by Gasteiger charge is 2.20. The molecule has 0 aliphatic rings. The fourth-order valence-electron chi connectivity index (χ4n) is 1.35. The van der Waals surface area contributed by atoms with Gasteiger partial charge in [-0.15, -0.1) is 0 Å². The normalized spacial score (nSPS) is 13.8. The number of hydrogen-bond donors (Lipinski definition) is 3. The molecule has 0 aliphatic heterocycles. The zero-order valence-corrected chi connectivity index (χ0v) is 10.7. The molecule has 1 aromatic rings. The number of nitriles is 1. The minimum absolute atomic E-state index is 0.315. The van der Waals surface area contributed by atoms with Gasteiger partial charge < -0.3 is 16.2 Å². The second kappa shape index (κ2) is 5.75. The van der Waals surface area contributed by atoms with Gasteiger partial charge in [0.2, 0.25) is 0 Å². The zero-order valence-electron chi connectivity index (χ0n) is 9.90. The van der Waals surface area contributed by atoms with Crippen LogP contribution in [0.4, 0.5) is 11.5 Å². The Labute approximate surface area is 105 Å². The number of thioether (sulfide) groups is 1. The first-order valence-corrected chi connectivity index (χ1v) is 6.49. The van der Waals surface area contributed by atoms with Crippen molar-refractivity contribution in [1.82, 2.24) is 4.98 Å². The lowest BCUT2D eigenvalue weighted by Gasteiger charge is -2.23. The van der Waals surface area contributed by atoms with Gasteiger partial charge in [-0.1, -0.05) is 0 Å². The van der Waals surface area contributed by atoms with Gasteiger partial charge in [-0.25, -0.2) is 4.98 Å². The van der Waals surface area contributed by atoms with Crippen molar-refractivity contribution in [2.45, 2.75) is 12.5 Å². The summed E-state index contributed by atoms with van der Waals surface area (Å²) in [6, 6.07) is 3.54. The Morgan fingerprint density at radius 2 is 2.41 bits per heavy atom. The molecule has 6 heteroatoms. The van der Waals surface area contributed by atoms with E-state index in [2.05, 4.69) is 10.3 Å². The second-order valence-corrected chi connectivity index (χ2v) is 4.88. The SMILES string of the molecule is CSCC(C)(O)CNc1nccc(C#N)c1N. The van der Waals surface area contributed by atoms with Crippen LogP contribution in [0.15, 0.2) is 12.3 Å². The first kappa shape index (κ1) is 13.6. The number of nitrogens with one attached hydrogen (secondary N) is 1. The molecule has 1 aromatic heterocycles. The maximum absolute atomic E-state index is 9.98. The second-order valence-electron chi connectivity index (χ2n) is 4.02. The number of nitrogen functional groups attached to an aromatic ring is 1. The summed E-state index contributed by atoms with van der Waals surface area (Å²) in [5, 5.41) is 21.8. The smallest absolute Gasteiger partial charge is 0.150 e. The van der Waals surface area contributed by atoms with Crippen molar-refractivity contribution in [2.24, 2.45) is 0 Å². The number of pyridine rings is 1. The number of anilines is 2. The summed E-state index contributed by atoms with van der Waals surface area (Å²) >= 11 is 1.56. The van der Waals surface area contributed by atoms with Gasteiger partial charge >= 0.3 is 0 Å². The Hall–Kier alpha value is -1.45. The van der Waals surface area contributed by atoms with Crippen LogP contribution in [0.2, 0.25) is 0 Å². The first-order chi connectivity index (χ1) is 8.00. The average molecular weight is 252 g/mol. The molecule has 4 N–H and O–H groups in total. The molecule has 5 nitrogen and oxygen atoms in total. The molecule has 0 fully saturated rings.